The maximum atomic E-state index is 13.4. The van der Waals surface area contributed by atoms with E-state index in [9.17, 15) is 14.3 Å². The molecule has 2 aromatic carbocycles. The summed E-state index contributed by atoms with van der Waals surface area (Å²) >= 11 is 0. The van der Waals surface area contributed by atoms with Gasteiger partial charge in [0.05, 0.1) is 11.6 Å². The number of nitrogens with one attached hydrogen (secondary N) is 2. The number of rotatable bonds is 5. The quantitative estimate of drug-likeness (QED) is 0.654. The van der Waals surface area contributed by atoms with Crippen LogP contribution < -0.4 is 10.6 Å². The van der Waals surface area contributed by atoms with Crippen molar-refractivity contribution in [3.05, 3.63) is 77.9 Å². The molecule has 1 amide bonds. The number of benzene rings is 2. The van der Waals surface area contributed by atoms with Crippen LogP contribution in [0.2, 0.25) is 0 Å². The molecule has 26 heavy (non-hydrogen) atoms. The number of phenols is 1. The van der Waals surface area contributed by atoms with Gasteiger partial charge in [-0.05, 0) is 36.8 Å². The highest BCUT2D eigenvalue weighted by Gasteiger charge is 2.14. The van der Waals surface area contributed by atoms with Gasteiger partial charge in [0.15, 0.2) is 11.6 Å². The summed E-state index contributed by atoms with van der Waals surface area (Å²) in [4.78, 5) is 20.5. The number of carbonyl (C=O) groups excluding carboxylic acids is 1. The molecule has 0 saturated carbocycles. The van der Waals surface area contributed by atoms with Crippen LogP contribution in [0.15, 0.2) is 60.9 Å². The van der Waals surface area contributed by atoms with Crippen LogP contribution in [-0.4, -0.2) is 21.0 Å². The van der Waals surface area contributed by atoms with Gasteiger partial charge in [-0.15, -0.1) is 0 Å². The van der Waals surface area contributed by atoms with Crippen molar-refractivity contribution in [2.75, 3.05) is 5.32 Å². The Bertz CT molecular complexity index is 901. The minimum absolute atomic E-state index is 0.287. The van der Waals surface area contributed by atoms with Crippen molar-refractivity contribution in [2.45, 2.75) is 13.0 Å². The minimum atomic E-state index is -0.733. The summed E-state index contributed by atoms with van der Waals surface area (Å²) in [6.07, 6.45) is 2.83. The van der Waals surface area contributed by atoms with E-state index < -0.39 is 17.6 Å². The van der Waals surface area contributed by atoms with Gasteiger partial charge in [0.25, 0.3) is 5.91 Å². The van der Waals surface area contributed by atoms with Crippen molar-refractivity contribution in [1.29, 1.82) is 0 Å². The summed E-state index contributed by atoms with van der Waals surface area (Å²) in [5.74, 6) is -1.16. The maximum absolute atomic E-state index is 13.4. The number of para-hydroxylation sites is 1. The molecule has 1 heterocycles. The van der Waals surface area contributed by atoms with Crippen LogP contribution in [0.25, 0.3) is 0 Å². The zero-order valence-electron chi connectivity index (χ0n) is 14.0. The number of halogens is 1. The van der Waals surface area contributed by atoms with Crippen molar-refractivity contribution >= 4 is 17.5 Å². The number of hydrogen-bond donors (Lipinski definition) is 3. The lowest BCUT2D eigenvalue weighted by Gasteiger charge is -2.14. The van der Waals surface area contributed by atoms with Crippen LogP contribution in [0.5, 0.6) is 5.75 Å². The van der Waals surface area contributed by atoms with Gasteiger partial charge in [-0.2, -0.15) is 0 Å². The van der Waals surface area contributed by atoms with E-state index in [0.29, 0.717) is 11.5 Å². The van der Waals surface area contributed by atoms with E-state index in [0.717, 1.165) is 5.69 Å². The Morgan fingerprint density at radius 2 is 1.81 bits per heavy atom. The molecule has 1 unspecified atom stereocenters. The SMILES string of the molecule is CC(NC(=O)c1cnc(Nc2ccccc2)nc1)c1ccc(O)c(F)c1. The van der Waals surface area contributed by atoms with Crippen molar-refractivity contribution in [1.82, 2.24) is 15.3 Å². The Balaban J connectivity index is 1.65. The van der Waals surface area contributed by atoms with E-state index in [-0.39, 0.29) is 11.5 Å². The molecule has 0 bridgehead atoms. The molecule has 0 aliphatic rings. The molecular formula is C19H17FN4O2. The topological polar surface area (TPSA) is 87.1 Å². The molecular weight excluding hydrogens is 335 g/mol. The molecule has 0 aliphatic carbocycles. The highest BCUT2D eigenvalue weighted by atomic mass is 19.1. The standard InChI is InChI=1S/C19H17FN4O2/c1-12(13-7-8-17(25)16(20)9-13)23-18(26)14-10-21-19(22-11-14)24-15-5-3-2-4-6-15/h2-12,25H,1H3,(H,23,26)(H,21,22,24). The first-order chi connectivity index (χ1) is 12.5. The number of amides is 1. The summed E-state index contributed by atoms with van der Waals surface area (Å²) in [6, 6.07) is 13.0. The van der Waals surface area contributed by atoms with Crippen molar-refractivity contribution < 1.29 is 14.3 Å². The fourth-order valence-corrected chi connectivity index (χ4v) is 2.32. The van der Waals surface area contributed by atoms with Gasteiger partial charge >= 0.3 is 0 Å². The van der Waals surface area contributed by atoms with Crippen LogP contribution in [-0.2, 0) is 0 Å². The highest BCUT2D eigenvalue weighted by molar-refractivity contribution is 5.93. The number of carbonyl (C=O) groups is 1. The second-order valence-electron chi connectivity index (χ2n) is 5.69. The lowest BCUT2D eigenvalue weighted by atomic mass is 10.1. The van der Waals surface area contributed by atoms with Gasteiger partial charge in [-0.25, -0.2) is 14.4 Å². The van der Waals surface area contributed by atoms with Crippen LogP contribution >= 0.6 is 0 Å². The summed E-state index contributed by atoms with van der Waals surface area (Å²) in [7, 11) is 0. The first-order valence-electron chi connectivity index (χ1n) is 7.96. The van der Waals surface area contributed by atoms with E-state index in [4.69, 9.17) is 0 Å². The second kappa shape index (κ2) is 7.60. The zero-order chi connectivity index (χ0) is 18.5. The van der Waals surface area contributed by atoms with E-state index in [1.807, 2.05) is 30.3 Å². The average Bonchev–Trinajstić information content (AvgIpc) is 2.65. The Labute approximate surface area is 149 Å². The third kappa shape index (κ3) is 4.13. The Hall–Kier alpha value is -3.48. The Kier molecular flexibility index (Phi) is 5.07. The van der Waals surface area contributed by atoms with Crippen molar-refractivity contribution in [3.63, 3.8) is 0 Å². The number of anilines is 2. The highest BCUT2D eigenvalue weighted by Crippen LogP contribution is 2.21. The molecule has 0 fully saturated rings. The molecule has 3 N–H and O–H groups in total. The monoisotopic (exact) mass is 352 g/mol. The van der Waals surface area contributed by atoms with E-state index in [1.165, 1.54) is 24.5 Å². The molecule has 0 radical (unpaired) electrons. The van der Waals surface area contributed by atoms with Crippen LogP contribution in [0.4, 0.5) is 16.0 Å². The van der Waals surface area contributed by atoms with Crippen LogP contribution in [0, 0.1) is 5.82 Å². The third-order valence-corrected chi connectivity index (χ3v) is 3.76. The normalized spacial score (nSPS) is 11.6. The summed E-state index contributed by atoms with van der Waals surface area (Å²) in [5.41, 5.74) is 1.67. The van der Waals surface area contributed by atoms with Crippen LogP contribution in [0.1, 0.15) is 28.9 Å². The first-order valence-corrected chi connectivity index (χ1v) is 7.96. The number of nitrogens with zero attached hydrogens (tertiary/aromatic N) is 2. The smallest absolute Gasteiger partial charge is 0.254 e. The predicted molar refractivity (Wildman–Crippen MR) is 95.7 cm³/mol. The number of aromatic hydroxyl groups is 1. The Morgan fingerprint density at radius 3 is 2.46 bits per heavy atom. The molecule has 132 valence electrons. The predicted octanol–water partition coefficient (Wildman–Crippen LogP) is 3.56. The van der Waals surface area contributed by atoms with Gasteiger partial charge in [0.2, 0.25) is 5.95 Å². The lowest BCUT2D eigenvalue weighted by Crippen LogP contribution is -2.27. The molecule has 1 aromatic heterocycles. The van der Waals surface area contributed by atoms with Crippen molar-refractivity contribution in [2.24, 2.45) is 0 Å². The van der Waals surface area contributed by atoms with Gasteiger partial charge in [0.1, 0.15) is 0 Å². The average molecular weight is 352 g/mol. The molecule has 3 rings (SSSR count). The van der Waals surface area contributed by atoms with E-state index in [2.05, 4.69) is 20.6 Å². The number of phenolic OH excluding ortho intramolecular Hbond substituents is 1. The minimum Gasteiger partial charge on any atom is -0.505 e. The number of aromatic nitrogens is 2. The van der Waals surface area contributed by atoms with E-state index in [1.54, 1.807) is 13.0 Å². The molecule has 3 aromatic rings. The largest absolute Gasteiger partial charge is 0.505 e. The molecule has 0 aliphatic heterocycles. The summed E-state index contributed by atoms with van der Waals surface area (Å²) < 4.78 is 13.4. The van der Waals surface area contributed by atoms with Gasteiger partial charge in [-0.3, -0.25) is 4.79 Å². The zero-order valence-corrected chi connectivity index (χ0v) is 14.0. The Morgan fingerprint density at radius 1 is 1.12 bits per heavy atom. The third-order valence-electron chi connectivity index (χ3n) is 3.76. The lowest BCUT2D eigenvalue weighted by molar-refractivity contribution is 0.0939. The van der Waals surface area contributed by atoms with Crippen molar-refractivity contribution in [3.8, 4) is 5.75 Å². The second-order valence-corrected chi connectivity index (χ2v) is 5.69. The molecule has 7 heteroatoms. The molecule has 0 spiro atoms. The van der Waals surface area contributed by atoms with Crippen LogP contribution in [0.3, 0.4) is 0 Å². The maximum Gasteiger partial charge on any atom is 0.254 e. The van der Waals surface area contributed by atoms with E-state index >= 15 is 0 Å². The fraction of sp³-hybridized carbons (Fsp3) is 0.105. The summed E-state index contributed by atoms with van der Waals surface area (Å²) in [6.45, 7) is 1.72. The van der Waals surface area contributed by atoms with Gasteiger partial charge < -0.3 is 15.7 Å². The molecule has 1 atom stereocenters. The molecule has 0 saturated heterocycles. The van der Waals surface area contributed by atoms with Gasteiger partial charge in [0, 0.05) is 18.1 Å². The fourth-order valence-electron chi connectivity index (χ4n) is 2.32. The molecule has 6 nitrogen and oxygen atoms in total. The number of hydrogen-bond acceptors (Lipinski definition) is 5. The summed E-state index contributed by atoms with van der Waals surface area (Å²) in [5, 5.41) is 15.0. The van der Waals surface area contributed by atoms with Gasteiger partial charge in [-0.1, -0.05) is 24.3 Å². The first kappa shape index (κ1) is 17.3.